The second kappa shape index (κ2) is 8.45. The van der Waals surface area contributed by atoms with Crippen molar-refractivity contribution in [2.24, 2.45) is 4.99 Å². The summed E-state index contributed by atoms with van der Waals surface area (Å²) in [6.07, 6.45) is 1.92. The van der Waals surface area contributed by atoms with Gasteiger partial charge in [0.25, 0.3) is 5.91 Å². The van der Waals surface area contributed by atoms with Crippen LogP contribution in [0.5, 0.6) is 5.75 Å². The van der Waals surface area contributed by atoms with Gasteiger partial charge in [0.15, 0.2) is 5.17 Å². The summed E-state index contributed by atoms with van der Waals surface area (Å²) in [6, 6.07) is 17.2. The zero-order valence-electron chi connectivity index (χ0n) is 15.8. The van der Waals surface area contributed by atoms with Crippen LogP contribution in [0.15, 0.2) is 69.9 Å². The lowest BCUT2D eigenvalue weighted by atomic mass is 10.1. The van der Waals surface area contributed by atoms with Crippen LogP contribution < -0.4 is 4.74 Å². The Balaban J connectivity index is 1.56. The number of carbonyl (C=O) groups is 1. The molecule has 1 fully saturated rings. The van der Waals surface area contributed by atoms with Crippen LogP contribution in [0.25, 0.3) is 17.2 Å². The number of ether oxygens (including phenoxy) is 1. The largest absolute Gasteiger partial charge is 0.497 e. The summed E-state index contributed by atoms with van der Waals surface area (Å²) in [5.41, 5.74) is 2.98. The minimum absolute atomic E-state index is 0.0521. The summed E-state index contributed by atoms with van der Waals surface area (Å²) in [6.45, 7) is 0. The van der Waals surface area contributed by atoms with E-state index in [9.17, 15) is 4.79 Å². The molecule has 1 amide bonds. The fourth-order valence-corrected chi connectivity index (χ4v) is 4.80. The number of methoxy groups -OCH3 is 1. The molecule has 0 spiro atoms. The van der Waals surface area contributed by atoms with Crippen molar-refractivity contribution < 1.29 is 9.53 Å². The molecule has 29 heavy (non-hydrogen) atoms. The van der Waals surface area contributed by atoms with Gasteiger partial charge in [-0.15, -0.1) is 11.3 Å². The van der Waals surface area contributed by atoms with Gasteiger partial charge in [0.05, 0.1) is 17.7 Å². The van der Waals surface area contributed by atoms with Crippen LogP contribution in [0.3, 0.4) is 0 Å². The molecule has 4 nitrogen and oxygen atoms in total. The molecule has 3 aromatic rings. The molecule has 0 saturated carbocycles. The Hall–Kier alpha value is -2.54. The second-order valence-electron chi connectivity index (χ2n) is 6.31. The maximum atomic E-state index is 12.7. The number of aliphatic imine (C=N–C) groups is 1. The van der Waals surface area contributed by atoms with Crippen LogP contribution in [-0.2, 0) is 4.79 Å². The first-order valence-corrected chi connectivity index (χ1v) is 10.9. The third kappa shape index (κ3) is 4.40. The molecule has 7 heteroatoms. The van der Waals surface area contributed by atoms with Gasteiger partial charge >= 0.3 is 0 Å². The highest BCUT2D eigenvalue weighted by molar-refractivity contribution is 8.18. The Kier molecular flexibility index (Phi) is 5.76. The summed E-state index contributed by atoms with van der Waals surface area (Å²) in [4.78, 5) is 20.5. The minimum atomic E-state index is -0.0521. The van der Waals surface area contributed by atoms with E-state index < -0.39 is 0 Å². The van der Waals surface area contributed by atoms with Crippen molar-refractivity contribution in [2.75, 3.05) is 14.2 Å². The van der Waals surface area contributed by atoms with Crippen LogP contribution in [0, 0.1) is 0 Å². The molecule has 4 rings (SSSR count). The molecule has 1 aromatic heterocycles. The molecular weight excluding hydrogens is 424 g/mol. The molecule has 0 bridgehead atoms. The Bertz CT molecular complexity index is 1100. The van der Waals surface area contributed by atoms with Crippen molar-refractivity contribution in [2.45, 2.75) is 0 Å². The van der Waals surface area contributed by atoms with E-state index in [1.54, 1.807) is 30.4 Å². The molecule has 0 radical (unpaired) electrons. The zero-order chi connectivity index (χ0) is 20.4. The number of nitrogens with zero attached hydrogens (tertiary/aromatic N) is 2. The van der Waals surface area contributed by atoms with Gasteiger partial charge in [0.1, 0.15) is 5.75 Å². The molecule has 0 atom stereocenters. The van der Waals surface area contributed by atoms with Crippen LogP contribution in [0.2, 0.25) is 5.02 Å². The fourth-order valence-electron chi connectivity index (χ4n) is 2.77. The summed E-state index contributed by atoms with van der Waals surface area (Å²) >= 11 is 8.94. The van der Waals surface area contributed by atoms with Gasteiger partial charge in [-0.1, -0.05) is 23.7 Å². The number of carbonyl (C=O) groups excluding carboxylic acids is 1. The van der Waals surface area contributed by atoms with E-state index >= 15 is 0 Å². The zero-order valence-corrected chi connectivity index (χ0v) is 18.1. The molecule has 0 aliphatic carbocycles. The quantitative estimate of drug-likeness (QED) is 0.446. The van der Waals surface area contributed by atoms with Crippen molar-refractivity contribution >= 4 is 57.5 Å². The topological polar surface area (TPSA) is 41.9 Å². The van der Waals surface area contributed by atoms with Crippen molar-refractivity contribution in [3.63, 3.8) is 0 Å². The van der Waals surface area contributed by atoms with Crippen LogP contribution in [-0.4, -0.2) is 30.1 Å². The molecule has 1 aliphatic rings. The monoisotopic (exact) mass is 440 g/mol. The Morgan fingerprint density at radius 2 is 1.79 bits per heavy atom. The van der Waals surface area contributed by atoms with E-state index in [2.05, 4.69) is 16.4 Å². The van der Waals surface area contributed by atoms with Crippen molar-refractivity contribution in [3.8, 4) is 16.9 Å². The lowest BCUT2D eigenvalue weighted by molar-refractivity contribution is -0.121. The van der Waals surface area contributed by atoms with Gasteiger partial charge in [0, 0.05) is 16.9 Å². The average Bonchev–Trinajstić information content (AvgIpc) is 3.30. The highest BCUT2D eigenvalue weighted by Gasteiger charge is 2.30. The maximum Gasteiger partial charge on any atom is 0.266 e. The Labute approximate surface area is 182 Å². The normalized spacial score (nSPS) is 16.8. The number of rotatable bonds is 4. The van der Waals surface area contributed by atoms with Crippen molar-refractivity contribution in [1.29, 1.82) is 0 Å². The van der Waals surface area contributed by atoms with E-state index in [0.29, 0.717) is 15.1 Å². The van der Waals surface area contributed by atoms with Gasteiger partial charge < -0.3 is 4.74 Å². The number of benzene rings is 2. The van der Waals surface area contributed by atoms with Crippen molar-refractivity contribution in [1.82, 2.24) is 4.90 Å². The number of amides is 1. The molecule has 2 aromatic carbocycles. The van der Waals surface area contributed by atoms with E-state index in [-0.39, 0.29) is 5.91 Å². The highest BCUT2D eigenvalue weighted by atomic mass is 35.5. The minimum Gasteiger partial charge on any atom is -0.497 e. The summed E-state index contributed by atoms with van der Waals surface area (Å²) < 4.78 is 5.17. The maximum absolute atomic E-state index is 12.7. The number of thiophene rings is 1. The third-order valence-electron chi connectivity index (χ3n) is 4.37. The molecule has 1 saturated heterocycles. The fraction of sp³-hybridized carbons (Fsp3) is 0.0909. The molecule has 0 unspecified atom stereocenters. The van der Waals surface area contributed by atoms with Gasteiger partial charge in [0.2, 0.25) is 0 Å². The van der Waals surface area contributed by atoms with Crippen LogP contribution in [0.4, 0.5) is 5.69 Å². The Morgan fingerprint density at radius 1 is 1.07 bits per heavy atom. The van der Waals surface area contributed by atoms with Gasteiger partial charge in [-0.05, 0) is 76.8 Å². The van der Waals surface area contributed by atoms with Crippen LogP contribution in [0.1, 0.15) is 4.88 Å². The number of hydrogen-bond acceptors (Lipinski definition) is 5. The van der Waals surface area contributed by atoms with Gasteiger partial charge in [-0.3, -0.25) is 9.69 Å². The number of thioether (sulfide) groups is 1. The molecule has 146 valence electrons. The van der Waals surface area contributed by atoms with Crippen LogP contribution >= 0.6 is 34.7 Å². The van der Waals surface area contributed by atoms with Gasteiger partial charge in [-0.2, -0.15) is 0 Å². The smallest absolute Gasteiger partial charge is 0.266 e. The molecular formula is C22H17ClN2O2S2. The molecule has 0 N–H and O–H groups in total. The van der Waals surface area contributed by atoms with E-state index in [0.717, 1.165) is 27.4 Å². The number of likely N-dealkylation sites (N-methyl/N-ethyl adjacent to an activating group) is 1. The highest BCUT2D eigenvalue weighted by Crippen LogP contribution is 2.35. The third-order valence-corrected chi connectivity index (χ3v) is 6.56. The predicted octanol–water partition coefficient (Wildman–Crippen LogP) is 6.31. The average molecular weight is 441 g/mol. The van der Waals surface area contributed by atoms with Gasteiger partial charge in [-0.25, -0.2) is 4.99 Å². The molecule has 2 heterocycles. The SMILES string of the molecule is COc1ccc(N=C2SC(=Cc3cc(-c4ccc(Cl)cc4)cs3)C(=O)N2C)cc1. The molecule has 1 aliphatic heterocycles. The van der Waals surface area contributed by atoms with Crippen molar-refractivity contribution in [3.05, 3.63) is 74.8 Å². The number of hydrogen-bond donors (Lipinski definition) is 0. The lowest BCUT2D eigenvalue weighted by Crippen LogP contribution is -2.23. The lowest BCUT2D eigenvalue weighted by Gasteiger charge is -2.07. The first kappa shape index (κ1) is 19.8. The van der Waals surface area contributed by atoms with E-state index in [1.807, 2.05) is 54.6 Å². The van der Waals surface area contributed by atoms with E-state index in [4.69, 9.17) is 16.3 Å². The summed E-state index contributed by atoms with van der Waals surface area (Å²) in [7, 11) is 3.37. The summed E-state index contributed by atoms with van der Waals surface area (Å²) in [5, 5.41) is 3.45. The predicted molar refractivity (Wildman–Crippen MR) is 123 cm³/mol. The first-order chi connectivity index (χ1) is 14.0. The first-order valence-electron chi connectivity index (χ1n) is 8.78. The standard InChI is InChI=1S/C22H17ClN2O2S2/c1-25-21(26)20(29-22(25)24-17-7-9-18(27-2)10-8-17)12-19-11-15(13-28-19)14-3-5-16(23)6-4-14/h3-13H,1-2H3. The van der Waals surface area contributed by atoms with E-state index in [1.165, 1.54) is 11.8 Å². The number of amidine groups is 1. The second-order valence-corrected chi connectivity index (χ2v) is 8.70. The summed E-state index contributed by atoms with van der Waals surface area (Å²) in [5.74, 6) is 0.718. The number of halogens is 1. The Morgan fingerprint density at radius 3 is 2.48 bits per heavy atom.